The van der Waals surface area contributed by atoms with Crippen LogP contribution in [0.3, 0.4) is 0 Å². The quantitative estimate of drug-likeness (QED) is 0.823. The Morgan fingerprint density at radius 2 is 1.92 bits per heavy atom. The largest absolute Gasteiger partial charge is 0.355 e. The Labute approximate surface area is 152 Å². The second-order valence-corrected chi connectivity index (χ2v) is 8.57. The van der Waals surface area contributed by atoms with Crippen molar-refractivity contribution in [2.45, 2.75) is 55.9 Å². The molecular weight excluding hydrogens is 334 g/mol. The van der Waals surface area contributed by atoms with Gasteiger partial charge in [-0.05, 0) is 23.8 Å². The Balaban J connectivity index is 1.80. The molecule has 1 saturated heterocycles. The molecule has 25 heavy (non-hydrogen) atoms. The van der Waals surface area contributed by atoms with Crippen molar-refractivity contribution in [2.75, 3.05) is 12.4 Å². The average molecular weight is 359 g/mol. The normalized spacial score (nSPS) is 18.7. The molecule has 2 heterocycles. The lowest BCUT2D eigenvalue weighted by Crippen LogP contribution is -2.31. The number of nitrogens with zero attached hydrogens (tertiary/aromatic N) is 3. The van der Waals surface area contributed by atoms with Crippen LogP contribution in [0.15, 0.2) is 29.4 Å². The van der Waals surface area contributed by atoms with Crippen molar-refractivity contribution in [3.63, 3.8) is 0 Å². The number of rotatable bonds is 3. The first-order chi connectivity index (χ1) is 11.9. The predicted molar refractivity (Wildman–Crippen MR) is 101 cm³/mol. The Kier molecular flexibility index (Phi) is 5.03. The molecule has 2 aromatic rings. The van der Waals surface area contributed by atoms with E-state index in [0.717, 1.165) is 31.4 Å². The number of amides is 1. The maximum Gasteiger partial charge on any atom is 0.233 e. The van der Waals surface area contributed by atoms with E-state index in [1.165, 1.54) is 22.0 Å². The van der Waals surface area contributed by atoms with Crippen LogP contribution in [0.5, 0.6) is 0 Å². The molecule has 3 rings (SSSR count). The van der Waals surface area contributed by atoms with E-state index in [9.17, 15) is 4.79 Å². The number of aromatic nitrogens is 3. The number of carbonyl (C=O) groups is 1. The second kappa shape index (κ2) is 7.07. The van der Waals surface area contributed by atoms with E-state index in [0.29, 0.717) is 11.0 Å². The fourth-order valence-electron chi connectivity index (χ4n) is 2.82. The van der Waals surface area contributed by atoms with Gasteiger partial charge in [0.1, 0.15) is 0 Å². The number of nitrogens with one attached hydrogen (secondary N) is 1. The molecule has 1 fully saturated rings. The highest BCUT2D eigenvalue weighted by Crippen LogP contribution is 2.29. The second-order valence-electron chi connectivity index (χ2n) is 7.40. The van der Waals surface area contributed by atoms with E-state index in [2.05, 4.69) is 48.4 Å². The number of benzene rings is 1. The molecule has 1 aliphatic heterocycles. The first-order valence-corrected chi connectivity index (χ1v) is 9.50. The monoisotopic (exact) mass is 359 g/mol. The van der Waals surface area contributed by atoms with Crippen molar-refractivity contribution in [3.05, 3.63) is 29.8 Å². The van der Waals surface area contributed by atoms with Crippen LogP contribution in [-0.2, 0) is 10.2 Å². The van der Waals surface area contributed by atoms with Gasteiger partial charge in [-0.25, -0.2) is 4.68 Å². The Bertz CT molecular complexity index is 748. The fourth-order valence-corrected chi connectivity index (χ4v) is 3.84. The summed E-state index contributed by atoms with van der Waals surface area (Å²) in [6.45, 7) is 7.29. The summed E-state index contributed by atoms with van der Waals surface area (Å²) in [5.74, 6) is 6.87. The molecular formula is C18H25N5OS. The molecule has 0 spiro atoms. The third kappa shape index (κ3) is 3.98. The van der Waals surface area contributed by atoms with E-state index in [-0.39, 0.29) is 16.6 Å². The molecule has 1 unspecified atom stereocenters. The number of hydrogen-bond donors (Lipinski definition) is 2. The summed E-state index contributed by atoms with van der Waals surface area (Å²) in [5, 5.41) is 11.8. The van der Waals surface area contributed by atoms with Crippen molar-refractivity contribution >= 4 is 17.7 Å². The van der Waals surface area contributed by atoms with Crippen LogP contribution in [0.25, 0.3) is 11.4 Å². The topological polar surface area (TPSA) is 85.8 Å². The van der Waals surface area contributed by atoms with Crippen molar-refractivity contribution in [1.82, 2.24) is 20.2 Å². The number of hydrogen-bond acceptors (Lipinski definition) is 5. The fraction of sp³-hybridized carbons (Fsp3) is 0.500. The smallest absolute Gasteiger partial charge is 0.233 e. The Morgan fingerprint density at radius 3 is 2.60 bits per heavy atom. The molecule has 3 N–H and O–H groups in total. The Morgan fingerprint density at radius 1 is 1.20 bits per heavy atom. The van der Waals surface area contributed by atoms with Crippen LogP contribution in [-0.4, -0.2) is 32.6 Å². The van der Waals surface area contributed by atoms with Gasteiger partial charge in [-0.15, -0.1) is 10.2 Å². The van der Waals surface area contributed by atoms with Gasteiger partial charge in [-0.3, -0.25) is 4.79 Å². The van der Waals surface area contributed by atoms with Crippen molar-refractivity contribution in [3.8, 4) is 11.4 Å². The molecule has 1 amide bonds. The van der Waals surface area contributed by atoms with Crippen LogP contribution in [0.4, 0.5) is 0 Å². The predicted octanol–water partition coefficient (Wildman–Crippen LogP) is 2.72. The van der Waals surface area contributed by atoms with Gasteiger partial charge in [0.2, 0.25) is 11.1 Å². The van der Waals surface area contributed by atoms with Gasteiger partial charge in [-0.1, -0.05) is 63.2 Å². The molecule has 0 radical (unpaired) electrons. The van der Waals surface area contributed by atoms with Crippen LogP contribution in [0.2, 0.25) is 0 Å². The van der Waals surface area contributed by atoms with Crippen LogP contribution in [0.1, 0.15) is 45.6 Å². The maximum absolute atomic E-state index is 12.1. The highest BCUT2D eigenvalue weighted by Gasteiger charge is 2.25. The minimum absolute atomic E-state index is 0.0570. The standard InChI is InChI=1S/C18H25N5OS/c1-18(2,3)13-9-7-12(8-10-13)15-21-22-17(23(15)19)25-14-6-4-5-11-20-16(14)24/h7-10,14H,4-6,11,19H2,1-3H3,(H,20,24). The highest BCUT2D eigenvalue weighted by atomic mass is 32.2. The molecule has 1 aromatic carbocycles. The zero-order valence-corrected chi connectivity index (χ0v) is 15.8. The van der Waals surface area contributed by atoms with Crippen molar-refractivity contribution in [1.29, 1.82) is 0 Å². The zero-order valence-electron chi connectivity index (χ0n) is 15.0. The Hall–Kier alpha value is -2.02. The van der Waals surface area contributed by atoms with Gasteiger partial charge in [0.05, 0.1) is 5.25 Å². The molecule has 0 bridgehead atoms. The molecule has 1 atom stereocenters. The molecule has 7 heteroatoms. The summed E-state index contributed by atoms with van der Waals surface area (Å²) in [5.41, 5.74) is 2.27. The molecule has 1 aromatic heterocycles. The van der Waals surface area contributed by atoms with Gasteiger partial charge in [0.25, 0.3) is 0 Å². The van der Waals surface area contributed by atoms with E-state index in [1.807, 2.05) is 12.1 Å². The SMILES string of the molecule is CC(C)(C)c1ccc(-c2nnc(SC3CCCCNC3=O)n2N)cc1. The van der Waals surface area contributed by atoms with Crippen LogP contribution in [0, 0.1) is 0 Å². The van der Waals surface area contributed by atoms with E-state index in [1.54, 1.807) is 0 Å². The number of nitrogens with two attached hydrogens (primary N) is 1. The maximum atomic E-state index is 12.1. The van der Waals surface area contributed by atoms with Gasteiger partial charge in [-0.2, -0.15) is 0 Å². The molecule has 0 saturated carbocycles. The van der Waals surface area contributed by atoms with Gasteiger partial charge in [0.15, 0.2) is 5.82 Å². The minimum atomic E-state index is -0.162. The van der Waals surface area contributed by atoms with Gasteiger partial charge in [0, 0.05) is 12.1 Å². The lowest BCUT2D eigenvalue weighted by atomic mass is 9.87. The van der Waals surface area contributed by atoms with Gasteiger partial charge < -0.3 is 11.2 Å². The summed E-state index contributed by atoms with van der Waals surface area (Å²) in [6.07, 6.45) is 2.87. The molecule has 134 valence electrons. The first kappa shape index (κ1) is 17.8. The van der Waals surface area contributed by atoms with E-state index in [4.69, 9.17) is 5.84 Å². The van der Waals surface area contributed by atoms with Crippen molar-refractivity contribution < 1.29 is 4.79 Å². The van der Waals surface area contributed by atoms with Gasteiger partial charge >= 0.3 is 0 Å². The summed E-state index contributed by atoms with van der Waals surface area (Å²) in [6, 6.07) is 8.21. The third-order valence-corrected chi connectivity index (χ3v) is 5.63. The van der Waals surface area contributed by atoms with Crippen LogP contribution >= 0.6 is 11.8 Å². The first-order valence-electron chi connectivity index (χ1n) is 8.62. The summed E-state index contributed by atoms with van der Waals surface area (Å²) >= 11 is 1.39. The molecule has 1 aliphatic rings. The molecule has 0 aliphatic carbocycles. The highest BCUT2D eigenvalue weighted by molar-refractivity contribution is 8.00. The van der Waals surface area contributed by atoms with E-state index >= 15 is 0 Å². The number of nitrogen functional groups attached to an aromatic ring is 1. The van der Waals surface area contributed by atoms with E-state index < -0.39 is 0 Å². The number of thioether (sulfide) groups is 1. The summed E-state index contributed by atoms with van der Waals surface area (Å²) in [4.78, 5) is 12.1. The minimum Gasteiger partial charge on any atom is -0.355 e. The van der Waals surface area contributed by atoms with Crippen molar-refractivity contribution in [2.24, 2.45) is 0 Å². The zero-order chi connectivity index (χ0) is 18.0. The average Bonchev–Trinajstić information content (AvgIpc) is 2.80. The number of carbonyl (C=O) groups excluding carboxylic acids is 1. The lowest BCUT2D eigenvalue weighted by molar-refractivity contribution is -0.120. The summed E-state index contributed by atoms with van der Waals surface area (Å²) < 4.78 is 1.48. The summed E-state index contributed by atoms with van der Waals surface area (Å²) in [7, 11) is 0. The third-order valence-electron chi connectivity index (χ3n) is 4.41. The molecule has 6 nitrogen and oxygen atoms in total. The lowest BCUT2D eigenvalue weighted by Gasteiger charge is -2.19. The van der Waals surface area contributed by atoms with Crippen LogP contribution < -0.4 is 11.2 Å².